The molecule has 0 spiro atoms. The van der Waals surface area contributed by atoms with Crippen LogP contribution in [-0.2, 0) is 0 Å². The fraction of sp³-hybridized carbons (Fsp3) is 0. The summed E-state index contributed by atoms with van der Waals surface area (Å²) in [5, 5.41) is 12.2. The lowest BCUT2D eigenvalue weighted by molar-refractivity contribution is 0.669. The Balaban J connectivity index is 1.21. The van der Waals surface area contributed by atoms with Gasteiger partial charge in [-0.2, -0.15) is 0 Å². The van der Waals surface area contributed by atoms with Crippen molar-refractivity contribution in [2.24, 2.45) is 0 Å². The number of fused-ring (bicyclic) bond motifs is 9. The van der Waals surface area contributed by atoms with Gasteiger partial charge in [0.1, 0.15) is 11.2 Å². The molecule has 0 radical (unpaired) electrons. The quantitative estimate of drug-likeness (QED) is 0.184. The van der Waals surface area contributed by atoms with Gasteiger partial charge in [0.2, 0.25) is 0 Å². The number of benzene rings is 9. The van der Waals surface area contributed by atoms with Crippen LogP contribution in [0.4, 0.5) is 17.1 Å². The zero-order valence-electron chi connectivity index (χ0n) is 26.1. The van der Waals surface area contributed by atoms with Crippen LogP contribution in [0.15, 0.2) is 180 Å². The molecule has 0 bridgehead atoms. The molecule has 0 aliphatic rings. The molecule has 10 rings (SSSR count). The molecule has 9 aromatic carbocycles. The van der Waals surface area contributed by atoms with Gasteiger partial charge in [0.25, 0.3) is 0 Å². The normalized spacial score (nSPS) is 11.8. The monoisotopic (exact) mass is 611 g/mol. The summed E-state index contributed by atoms with van der Waals surface area (Å²) in [6.45, 7) is 0. The fourth-order valence-electron chi connectivity index (χ4n) is 7.58. The summed E-state index contributed by atoms with van der Waals surface area (Å²) in [5.74, 6) is 0. The van der Waals surface area contributed by atoms with Gasteiger partial charge in [-0.15, -0.1) is 0 Å². The molecule has 10 aromatic rings. The maximum atomic E-state index is 6.37. The maximum Gasteiger partial charge on any atom is 0.137 e. The molecule has 0 atom stereocenters. The molecule has 2 nitrogen and oxygen atoms in total. The SMILES string of the molecule is c1ccc2c(-c3ccc(N(c4ccc5ccc6c7ccccc7ccc6c5c4)c4cccc5oc6ccccc6c45)cc3)cccc2c1. The molecule has 0 fully saturated rings. The van der Waals surface area contributed by atoms with Crippen LogP contribution in [0.2, 0.25) is 0 Å². The molecule has 1 aromatic heterocycles. The third kappa shape index (κ3) is 4.13. The molecule has 48 heavy (non-hydrogen) atoms. The lowest BCUT2D eigenvalue weighted by Crippen LogP contribution is -2.10. The second-order valence-corrected chi connectivity index (χ2v) is 12.5. The van der Waals surface area contributed by atoms with E-state index in [1.54, 1.807) is 0 Å². The van der Waals surface area contributed by atoms with E-state index in [4.69, 9.17) is 4.42 Å². The standard InChI is InChI=1S/C46H29NO/c1-3-12-36-30(9-1)11-7-15-37(36)32-19-24-34(25-20-32)47(43-16-8-18-45-46(43)41-14-5-6-17-44(41)48-45)35-26-21-33-23-27-39-38-13-4-2-10-31(38)22-28-40(39)42(33)29-35/h1-29H. The van der Waals surface area contributed by atoms with Crippen molar-refractivity contribution < 1.29 is 4.42 Å². The Morgan fingerprint density at radius 3 is 1.77 bits per heavy atom. The number of furan rings is 1. The minimum Gasteiger partial charge on any atom is -0.456 e. The summed E-state index contributed by atoms with van der Waals surface area (Å²) in [7, 11) is 0. The van der Waals surface area contributed by atoms with Crippen LogP contribution in [0.5, 0.6) is 0 Å². The molecule has 0 N–H and O–H groups in total. The largest absolute Gasteiger partial charge is 0.456 e. The van der Waals surface area contributed by atoms with Crippen LogP contribution in [0.25, 0.3) is 76.2 Å². The van der Waals surface area contributed by atoms with Crippen LogP contribution in [0, 0.1) is 0 Å². The van der Waals surface area contributed by atoms with Gasteiger partial charge < -0.3 is 9.32 Å². The number of hydrogen-bond donors (Lipinski definition) is 0. The van der Waals surface area contributed by atoms with Gasteiger partial charge in [0.05, 0.1) is 11.1 Å². The number of hydrogen-bond acceptors (Lipinski definition) is 2. The number of anilines is 3. The zero-order valence-corrected chi connectivity index (χ0v) is 26.1. The van der Waals surface area contributed by atoms with Gasteiger partial charge in [-0.3, -0.25) is 0 Å². The number of para-hydroxylation sites is 1. The zero-order chi connectivity index (χ0) is 31.6. The summed E-state index contributed by atoms with van der Waals surface area (Å²) in [6.07, 6.45) is 0. The third-order valence-corrected chi connectivity index (χ3v) is 9.83. The van der Waals surface area contributed by atoms with Gasteiger partial charge in [-0.05, 0) is 96.7 Å². The average molecular weight is 612 g/mol. The lowest BCUT2D eigenvalue weighted by atomic mass is 9.96. The Bertz CT molecular complexity index is 2840. The highest BCUT2D eigenvalue weighted by molar-refractivity contribution is 6.18. The van der Waals surface area contributed by atoms with Gasteiger partial charge >= 0.3 is 0 Å². The predicted molar refractivity (Wildman–Crippen MR) is 204 cm³/mol. The minimum atomic E-state index is 0.879. The van der Waals surface area contributed by atoms with E-state index in [0.29, 0.717) is 0 Å². The Morgan fingerprint density at radius 2 is 0.938 bits per heavy atom. The van der Waals surface area contributed by atoms with Crippen molar-refractivity contribution in [3.8, 4) is 11.1 Å². The summed E-state index contributed by atoms with van der Waals surface area (Å²) in [4.78, 5) is 2.39. The molecule has 0 unspecified atom stereocenters. The van der Waals surface area contributed by atoms with E-state index >= 15 is 0 Å². The number of rotatable bonds is 4. The van der Waals surface area contributed by atoms with E-state index in [-0.39, 0.29) is 0 Å². The maximum absolute atomic E-state index is 6.37. The van der Waals surface area contributed by atoms with Crippen molar-refractivity contribution in [2.75, 3.05) is 4.90 Å². The molecule has 0 aliphatic carbocycles. The van der Waals surface area contributed by atoms with Gasteiger partial charge in [0.15, 0.2) is 0 Å². The minimum absolute atomic E-state index is 0.879. The first-order chi connectivity index (χ1) is 23.8. The molecule has 0 saturated heterocycles. The highest BCUT2D eigenvalue weighted by atomic mass is 16.3. The van der Waals surface area contributed by atoms with Crippen molar-refractivity contribution in [1.82, 2.24) is 0 Å². The Labute approximate surface area is 277 Å². The first kappa shape index (κ1) is 26.8. The van der Waals surface area contributed by atoms with E-state index in [1.807, 2.05) is 6.07 Å². The molecular weight excluding hydrogens is 583 g/mol. The van der Waals surface area contributed by atoms with Crippen LogP contribution >= 0.6 is 0 Å². The summed E-state index contributed by atoms with van der Waals surface area (Å²) < 4.78 is 6.37. The van der Waals surface area contributed by atoms with Gasteiger partial charge in [-0.25, -0.2) is 0 Å². The van der Waals surface area contributed by atoms with Crippen LogP contribution in [0.1, 0.15) is 0 Å². The van der Waals surface area contributed by atoms with Crippen molar-refractivity contribution in [3.05, 3.63) is 176 Å². The Hall–Kier alpha value is -6.38. The molecule has 0 saturated carbocycles. The Kier molecular flexibility index (Phi) is 5.91. The van der Waals surface area contributed by atoms with E-state index in [9.17, 15) is 0 Å². The second kappa shape index (κ2) is 10.6. The summed E-state index contributed by atoms with van der Waals surface area (Å²) in [5.41, 5.74) is 7.46. The molecule has 2 heteroatoms. The first-order valence-corrected chi connectivity index (χ1v) is 16.4. The first-order valence-electron chi connectivity index (χ1n) is 16.4. The van der Waals surface area contributed by atoms with Crippen LogP contribution < -0.4 is 4.90 Å². The smallest absolute Gasteiger partial charge is 0.137 e. The van der Waals surface area contributed by atoms with Crippen molar-refractivity contribution in [2.45, 2.75) is 0 Å². The second-order valence-electron chi connectivity index (χ2n) is 12.5. The third-order valence-electron chi connectivity index (χ3n) is 9.83. The van der Waals surface area contributed by atoms with Crippen molar-refractivity contribution in [1.29, 1.82) is 0 Å². The lowest BCUT2D eigenvalue weighted by Gasteiger charge is -2.27. The average Bonchev–Trinajstić information content (AvgIpc) is 3.54. The topological polar surface area (TPSA) is 16.4 Å². The predicted octanol–water partition coefficient (Wildman–Crippen LogP) is 13.3. The van der Waals surface area contributed by atoms with Crippen LogP contribution in [-0.4, -0.2) is 0 Å². The van der Waals surface area contributed by atoms with Crippen molar-refractivity contribution in [3.63, 3.8) is 0 Å². The summed E-state index contributed by atoms with van der Waals surface area (Å²) in [6, 6.07) is 63.4. The van der Waals surface area contributed by atoms with E-state index in [1.165, 1.54) is 54.2 Å². The highest BCUT2D eigenvalue weighted by Crippen LogP contribution is 2.44. The number of nitrogens with zero attached hydrogens (tertiary/aromatic N) is 1. The van der Waals surface area contributed by atoms with Gasteiger partial charge in [-0.1, -0.05) is 133 Å². The molecule has 224 valence electrons. The van der Waals surface area contributed by atoms with Gasteiger partial charge in [0, 0.05) is 16.8 Å². The summed E-state index contributed by atoms with van der Waals surface area (Å²) >= 11 is 0. The Morgan fingerprint density at radius 1 is 0.354 bits per heavy atom. The van der Waals surface area contributed by atoms with E-state index in [2.05, 4.69) is 175 Å². The van der Waals surface area contributed by atoms with Crippen LogP contribution in [0.3, 0.4) is 0 Å². The van der Waals surface area contributed by atoms with E-state index < -0.39 is 0 Å². The highest BCUT2D eigenvalue weighted by Gasteiger charge is 2.20. The molecule has 0 amide bonds. The molecule has 1 heterocycles. The fourth-order valence-corrected chi connectivity index (χ4v) is 7.58. The molecular formula is C46H29NO. The van der Waals surface area contributed by atoms with Crippen molar-refractivity contribution >= 4 is 82.1 Å². The van der Waals surface area contributed by atoms with E-state index in [0.717, 1.165) is 39.0 Å². The molecule has 0 aliphatic heterocycles.